The summed E-state index contributed by atoms with van der Waals surface area (Å²) in [6.07, 6.45) is 23.0. The number of nitrogens with zero attached hydrogens (tertiary/aromatic N) is 2. The van der Waals surface area contributed by atoms with Gasteiger partial charge in [-0.05, 0) is 37.3 Å². The van der Waals surface area contributed by atoms with Gasteiger partial charge in [-0.25, -0.2) is 9.13 Å². The van der Waals surface area contributed by atoms with Crippen molar-refractivity contribution in [2.45, 2.75) is 116 Å². The summed E-state index contributed by atoms with van der Waals surface area (Å²) < 4.78 is 4.81. The van der Waals surface area contributed by atoms with Gasteiger partial charge in [0, 0.05) is 5.41 Å². The number of aromatic nitrogens is 2. The maximum Gasteiger partial charge on any atom is 0.243 e. The lowest BCUT2D eigenvalue weighted by atomic mass is 9.70. The van der Waals surface area contributed by atoms with Crippen LogP contribution in [0, 0.1) is 0 Å². The fourth-order valence-electron chi connectivity index (χ4n) is 5.66. The minimum Gasteiger partial charge on any atom is -0.237 e. The number of imidazole rings is 1. The molecule has 35 heavy (non-hydrogen) atoms. The van der Waals surface area contributed by atoms with Gasteiger partial charge in [-0.15, -0.1) is 0 Å². The first-order valence-electron chi connectivity index (χ1n) is 14.3. The van der Waals surface area contributed by atoms with Crippen LogP contribution in [-0.2, 0) is 18.4 Å². The van der Waals surface area contributed by atoms with E-state index in [0.717, 1.165) is 13.0 Å². The monoisotopic (exact) mass is 473 g/mol. The molecule has 0 aliphatic rings. The van der Waals surface area contributed by atoms with E-state index < -0.39 is 0 Å². The summed E-state index contributed by atoms with van der Waals surface area (Å²) in [4.78, 5) is 0. The molecule has 0 fully saturated rings. The molecule has 0 bridgehead atoms. The second-order valence-electron chi connectivity index (χ2n) is 10.6. The molecule has 2 heteroatoms. The Bertz CT molecular complexity index is 930. The molecule has 0 saturated carbocycles. The lowest BCUT2D eigenvalue weighted by Gasteiger charge is -2.37. The predicted octanol–water partition coefficient (Wildman–Crippen LogP) is 8.85. The molecule has 2 aromatic carbocycles. The molecule has 3 aromatic rings. The Labute approximate surface area is 215 Å². The third-order valence-electron chi connectivity index (χ3n) is 7.85. The highest BCUT2D eigenvalue weighted by Crippen LogP contribution is 2.41. The van der Waals surface area contributed by atoms with E-state index in [9.17, 15) is 0 Å². The van der Waals surface area contributed by atoms with Gasteiger partial charge in [0.25, 0.3) is 0 Å². The van der Waals surface area contributed by atoms with E-state index in [1.165, 1.54) is 81.8 Å². The fraction of sp³-hybridized carbons (Fsp3) is 0.545. The molecule has 2 atom stereocenters. The zero-order valence-corrected chi connectivity index (χ0v) is 22.7. The zero-order chi connectivity index (χ0) is 24.8. The van der Waals surface area contributed by atoms with Gasteiger partial charge in [0.2, 0.25) is 6.33 Å². The van der Waals surface area contributed by atoms with Gasteiger partial charge >= 0.3 is 0 Å². The number of hydrogen-bond acceptors (Lipinski definition) is 0. The summed E-state index contributed by atoms with van der Waals surface area (Å²) in [6, 6.07) is 22.7. The van der Waals surface area contributed by atoms with E-state index in [1.807, 2.05) is 0 Å². The first-order chi connectivity index (χ1) is 17.2. The Kier molecular flexibility index (Phi) is 11.6. The molecular weight excluding hydrogens is 424 g/mol. The Morgan fingerprint density at radius 2 is 1.31 bits per heavy atom. The van der Waals surface area contributed by atoms with Crippen molar-refractivity contribution in [3.63, 3.8) is 0 Å². The summed E-state index contributed by atoms with van der Waals surface area (Å²) in [5, 5.41) is 0. The lowest BCUT2D eigenvalue weighted by Crippen LogP contribution is -2.37. The molecule has 0 aliphatic carbocycles. The largest absolute Gasteiger partial charge is 0.243 e. The Hall–Kier alpha value is -2.35. The molecule has 1 aromatic heterocycles. The van der Waals surface area contributed by atoms with Crippen molar-refractivity contribution in [3.05, 3.63) is 90.5 Å². The molecule has 0 saturated heterocycles. The third kappa shape index (κ3) is 8.37. The van der Waals surface area contributed by atoms with Gasteiger partial charge in [0.1, 0.15) is 18.4 Å². The average Bonchev–Trinajstić information content (AvgIpc) is 3.37. The van der Waals surface area contributed by atoms with E-state index in [2.05, 4.69) is 109 Å². The van der Waals surface area contributed by atoms with E-state index in [1.54, 1.807) is 0 Å². The van der Waals surface area contributed by atoms with Crippen LogP contribution >= 0.6 is 0 Å². The molecule has 0 N–H and O–H groups in total. The fourth-order valence-corrected chi connectivity index (χ4v) is 5.66. The van der Waals surface area contributed by atoms with Gasteiger partial charge in [0.15, 0.2) is 0 Å². The van der Waals surface area contributed by atoms with Gasteiger partial charge in [0.05, 0.1) is 6.54 Å². The summed E-state index contributed by atoms with van der Waals surface area (Å²) in [5.41, 5.74) is 2.88. The normalized spacial score (nSPS) is 14.0. The van der Waals surface area contributed by atoms with Gasteiger partial charge in [-0.3, -0.25) is 0 Å². The highest BCUT2D eigenvalue weighted by Gasteiger charge is 2.40. The molecular formula is C33H49N2+. The van der Waals surface area contributed by atoms with Crippen molar-refractivity contribution in [1.29, 1.82) is 0 Å². The summed E-state index contributed by atoms with van der Waals surface area (Å²) in [6.45, 7) is 8.03. The van der Waals surface area contributed by atoms with E-state index in [4.69, 9.17) is 0 Å². The predicted molar refractivity (Wildman–Crippen MR) is 150 cm³/mol. The van der Waals surface area contributed by atoms with Crippen LogP contribution in [0.4, 0.5) is 0 Å². The molecule has 0 radical (unpaired) electrons. The van der Waals surface area contributed by atoms with Crippen LogP contribution in [-0.4, -0.2) is 4.57 Å². The summed E-state index contributed by atoms with van der Waals surface area (Å²) in [7, 11) is 0. The van der Waals surface area contributed by atoms with Gasteiger partial charge in [-0.1, -0.05) is 132 Å². The van der Waals surface area contributed by atoms with E-state index in [0.29, 0.717) is 6.04 Å². The van der Waals surface area contributed by atoms with Gasteiger partial charge < -0.3 is 0 Å². The summed E-state index contributed by atoms with van der Waals surface area (Å²) in [5.74, 6) is 0. The van der Waals surface area contributed by atoms with Crippen LogP contribution in [0.1, 0.15) is 109 Å². The third-order valence-corrected chi connectivity index (χ3v) is 7.85. The van der Waals surface area contributed by atoms with Crippen molar-refractivity contribution in [2.75, 3.05) is 0 Å². The standard InChI is InChI=1S/C33H49N2/c1-4-6-7-8-9-10-11-12-13-20-25-32(35-27-26-34(5-2)29-35)33(3,31-23-18-15-19-24-31)28-30-21-16-14-17-22-30/h14-19,21-24,26-27,29,32H,4-13,20,25,28H2,1-3H3/q+1. The molecule has 2 nitrogen and oxygen atoms in total. The zero-order valence-electron chi connectivity index (χ0n) is 22.7. The molecule has 3 rings (SSSR count). The Morgan fingerprint density at radius 1 is 0.743 bits per heavy atom. The smallest absolute Gasteiger partial charge is 0.237 e. The number of benzene rings is 2. The first kappa shape index (κ1) is 27.2. The highest BCUT2D eigenvalue weighted by molar-refractivity contribution is 5.30. The van der Waals surface area contributed by atoms with Crippen molar-refractivity contribution in [3.8, 4) is 0 Å². The van der Waals surface area contributed by atoms with Crippen molar-refractivity contribution < 1.29 is 4.57 Å². The molecule has 0 spiro atoms. The van der Waals surface area contributed by atoms with Crippen molar-refractivity contribution in [1.82, 2.24) is 4.57 Å². The van der Waals surface area contributed by atoms with Crippen LogP contribution in [0.3, 0.4) is 0 Å². The van der Waals surface area contributed by atoms with E-state index >= 15 is 0 Å². The van der Waals surface area contributed by atoms with Crippen LogP contribution in [0.2, 0.25) is 0 Å². The Balaban J connectivity index is 1.71. The maximum atomic E-state index is 2.51. The molecule has 0 aliphatic heterocycles. The average molecular weight is 474 g/mol. The number of unbranched alkanes of at least 4 members (excludes halogenated alkanes) is 9. The number of hydrogen-bond donors (Lipinski definition) is 0. The van der Waals surface area contributed by atoms with Crippen LogP contribution in [0.15, 0.2) is 79.4 Å². The number of aryl methyl sites for hydroxylation is 1. The maximum absolute atomic E-state index is 2.51. The van der Waals surface area contributed by atoms with Crippen LogP contribution in [0.5, 0.6) is 0 Å². The lowest BCUT2D eigenvalue weighted by molar-refractivity contribution is -0.693. The van der Waals surface area contributed by atoms with Crippen molar-refractivity contribution >= 4 is 0 Å². The topological polar surface area (TPSA) is 8.81 Å². The molecule has 0 amide bonds. The molecule has 1 heterocycles. The van der Waals surface area contributed by atoms with E-state index in [-0.39, 0.29) is 5.41 Å². The Morgan fingerprint density at radius 3 is 1.89 bits per heavy atom. The quantitative estimate of drug-likeness (QED) is 0.137. The first-order valence-corrected chi connectivity index (χ1v) is 14.3. The van der Waals surface area contributed by atoms with Gasteiger partial charge in [-0.2, -0.15) is 0 Å². The SMILES string of the molecule is CCCCCCCCCCCCC(n1cc[n+](CC)c1)C(C)(Cc1ccccc1)c1ccccc1. The summed E-state index contributed by atoms with van der Waals surface area (Å²) >= 11 is 0. The minimum atomic E-state index is 0.0203. The van der Waals surface area contributed by atoms with Crippen LogP contribution < -0.4 is 4.57 Å². The number of rotatable bonds is 17. The second-order valence-corrected chi connectivity index (χ2v) is 10.6. The van der Waals surface area contributed by atoms with Crippen molar-refractivity contribution in [2.24, 2.45) is 0 Å². The highest BCUT2D eigenvalue weighted by atomic mass is 15.1. The molecule has 190 valence electrons. The second kappa shape index (κ2) is 14.9. The molecule has 2 unspecified atom stereocenters. The minimum absolute atomic E-state index is 0.0203. The van der Waals surface area contributed by atoms with Crippen LogP contribution in [0.25, 0.3) is 0 Å².